The van der Waals surface area contributed by atoms with E-state index in [1.807, 2.05) is 35.1 Å². The Kier molecular flexibility index (Phi) is 5.88. The van der Waals surface area contributed by atoms with E-state index in [9.17, 15) is 4.79 Å². The Morgan fingerprint density at radius 3 is 2.65 bits per heavy atom. The van der Waals surface area contributed by atoms with E-state index in [-0.39, 0.29) is 5.43 Å². The fourth-order valence-electron chi connectivity index (χ4n) is 3.24. The summed E-state index contributed by atoms with van der Waals surface area (Å²) in [6.07, 6.45) is 9.03. The summed E-state index contributed by atoms with van der Waals surface area (Å²) in [5, 5.41) is 8.94. The van der Waals surface area contributed by atoms with Crippen LogP contribution < -0.4 is 10.2 Å². The number of hydrogen-bond donors (Lipinski definition) is 0. The number of methoxy groups -OCH3 is 1. The number of aromatic nitrogens is 6. The normalized spacial score (nSPS) is 11.1. The van der Waals surface area contributed by atoms with Crippen molar-refractivity contribution in [1.82, 2.24) is 29.5 Å². The first kappa shape index (κ1) is 20.5. The number of hydrogen-bond acceptors (Lipinski definition) is 6. The SMILES string of the molecule is COc1cnc(-c2cccc(Cc3nn(-c4cnn(CC(C)C)c4)ccc3=O)c2)nc1. The Labute approximate surface area is 180 Å². The average molecular weight is 416 g/mol. The van der Waals surface area contributed by atoms with Gasteiger partial charge in [-0.1, -0.05) is 32.0 Å². The summed E-state index contributed by atoms with van der Waals surface area (Å²) in [7, 11) is 1.58. The predicted octanol–water partition coefficient (Wildman–Crippen LogP) is 3.14. The summed E-state index contributed by atoms with van der Waals surface area (Å²) in [6, 6.07) is 9.34. The second-order valence-electron chi connectivity index (χ2n) is 7.71. The van der Waals surface area contributed by atoms with Gasteiger partial charge in [-0.15, -0.1) is 0 Å². The van der Waals surface area contributed by atoms with Gasteiger partial charge in [-0.2, -0.15) is 10.2 Å². The van der Waals surface area contributed by atoms with Gasteiger partial charge < -0.3 is 4.74 Å². The van der Waals surface area contributed by atoms with Gasteiger partial charge in [0.05, 0.1) is 31.9 Å². The molecule has 4 rings (SSSR count). The minimum Gasteiger partial charge on any atom is -0.494 e. The molecular formula is C23H24N6O2. The maximum atomic E-state index is 12.4. The second-order valence-corrected chi connectivity index (χ2v) is 7.71. The van der Waals surface area contributed by atoms with Gasteiger partial charge in [0.15, 0.2) is 11.6 Å². The molecule has 8 heteroatoms. The van der Waals surface area contributed by atoms with Crippen molar-refractivity contribution in [3.8, 4) is 22.8 Å². The molecule has 3 aromatic heterocycles. The molecule has 0 radical (unpaired) electrons. The van der Waals surface area contributed by atoms with Crippen molar-refractivity contribution < 1.29 is 4.74 Å². The second kappa shape index (κ2) is 8.91. The molecule has 8 nitrogen and oxygen atoms in total. The van der Waals surface area contributed by atoms with Gasteiger partial charge in [0.2, 0.25) is 5.43 Å². The average Bonchev–Trinajstić information content (AvgIpc) is 3.23. The molecule has 0 unspecified atom stereocenters. The van der Waals surface area contributed by atoms with Crippen LogP contribution in [0.5, 0.6) is 5.75 Å². The predicted molar refractivity (Wildman–Crippen MR) is 117 cm³/mol. The van der Waals surface area contributed by atoms with Crippen molar-refractivity contribution in [2.75, 3.05) is 7.11 Å². The number of rotatable bonds is 7. The zero-order valence-corrected chi connectivity index (χ0v) is 17.8. The molecule has 1 aromatic carbocycles. The van der Waals surface area contributed by atoms with E-state index in [0.717, 1.165) is 23.4 Å². The third-order valence-corrected chi connectivity index (χ3v) is 4.74. The lowest BCUT2D eigenvalue weighted by atomic mass is 10.1. The molecule has 0 saturated carbocycles. The minimum atomic E-state index is -0.100. The largest absolute Gasteiger partial charge is 0.494 e. The van der Waals surface area contributed by atoms with Crippen molar-refractivity contribution in [3.63, 3.8) is 0 Å². The number of nitrogens with zero attached hydrogens (tertiary/aromatic N) is 6. The molecule has 0 aliphatic heterocycles. The van der Waals surface area contributed by atoms with E-state index in [2.05, 4.69) is 34.0 Å². The lowest BCUT2D eigenvalue weighted by Gasteiger charge is -2.07. The smallest absolute Gasteiger partial charge is 0.203 e. The summed E-state index contributed by atoms with van der Waals surface area (Å²) in [5.41, 5.74) is 3.01. The Morgan fingerprint density at radius 1 is 1.10 bits per heavy atom. The zero-order chi connectivity index (χ0) is 21.8. The van der Waals surface area contributed by atoms with Crippen LogP contribution in [-0.2, 0) is 13.0 Å². The molecule has 31 heavy (non-hydrogen) atoms. The van der Waals surface area contributed by atoms with Gasteiger partial charge in [0.25, 0.3) is 0 Å². The van der Waals surface area contributed by atoms with E-state index in [4.69, 9.17) is 4.74 Å². The van der Waals surface area contributed by atoms with Gasteiger partial charge in [-0.05, 0) is 17.5 Å². The van der Waals surface area contributed by atoms with Crippen molar-refractivity contribution >= 4 is 0 Å². The lowest BCUT2D eigenvalue weighted by Crippen LogP contribution is -2.16. The molecule has 0 atom stereocenters. The third kappa shape index (κ3) is 4.85. The quantitative estimate of drug-likeness (QED) is 0.460. The fraction of sp³-hybridized carbons (Fsp3) is 0.261. The molecule has 3 heterocycles. The van der Waals surface area contributed by atoms with Gasteiger partial charge in [-0.25, -0.2) is 14.6 Å². The Morgan fingerprint density at radius 2 is 1.90 bits per heavy atom. The minimum absolute atomic E-state index is 0.100. The Balaban J connectivity index is 1.58. The fourth-order valence-corrected chi connectivity index (χ4v) is 3.24. The summed E-state index contributed by atoms with van der Waals surface area (Å²) in [6.45, 7) is 5.11. The molecule has 0 bridgehead atoms. The monoisotopic (exact) mass is 416 g/mol. The summed E-state index contributed by atoms with van der Waals surface area (Å²) in [5.74, 6) is 1.69. The van der Waals surface area contributed by atoms with Crippen LogP contribution in [0.4, 0.5) is 0 Å². The topological polar surface area (TPSA) is 87.7 Å². The van der Waals surface area contributed by atoms with Crippen molar-refractivity contribution in [1.29, 1.82) is 0 Å². The number of ether oxygens (including phenoxy) is 1. The molecule has 0 fully saturated rings. The molecule has 0 saturated heterocycles. The highest BCUT2D eigenvalue weighted by Gasteiger charge is 2.09. The Bertz CT molecular complexity index is 1230. The van der Waals surface area contributed by atoms with Crippen LogP contribution in [0, 0.1) is 5.92 Å². The zero-order valence-electron chi connectivity index (χ0n) is 17.8. The maximum absolute atomic E-state index is 12.4. The van der Waals surface area contributed by atoms with Crippen LogP contribution in [0.2, 0.25) is 0 Å². The van der Waals surface area contributed by atoms with Crippen LogP contribution in [0.1, 0.15) is 25.1 Å². The van der Waals surface area contributed by atoms with E-state index < -0.39 is 0 Å². The van der Waals surface area contributed by atoms with E-state index in [1.165, 1.54) is 0 Å². The highest BCUT2D eigenvalue weighted by Crippen LogP contribution is 2.19. The first-order valence-corrected chi connectivity index (χ1v) is 10.1. The molecule has 0 spiro atoms. The summed E-state index contributed by atoms with van der Waals surface area (Å²) in [4.78, 5) is 21.1. The molecule has 0 aliphatic rings. The summed E-state index contributed by atoms with van der Waals surface area (Å²) >= 11 is 0. The molecule has 0 N–H and O–H groups in total. The molecule has 0 amide bonds. The van der Waals surface area contributed by atoms with Crippen LogP contribution in [-0.4, -0.2) is 36.6 Å². The van der Waals surface area contributed by atoms with Gasteiger partial charge >= 0.3 is 0 Å². The highest BCUT2D eigenvalue weighted by atomic mass is 16.5. The molecule has 158 valence electrons. The van der Waals surface area contributed by atoms with Gasteiger partial charge in [0, 0.05) is 30.8 Å². The van der Waals surface area contributed by atoms with Crippen LogP contribution in [0.15, 0.2) is 66.1 Å². The van der Waals surface area contributed by atoms with E-state index >= 15 is 0 Å². The van der Waals surface area contributed by atoms with Gasteiger partial charge in [0.1, 0.15) is 11.4 Å². The van der Waals surface area contributed by atoms with Crippen molar-refractivity contribution in [3.05, 3.63) is 82.8 Å². The van der Waals surface area contributed by atoms with Crippen LogP contribution >= 0.6 is 0 Å². The summed E-state index contributed by atoms with van der Waals surface area (Å²) < 4.78 is 8.69. The maximum Gasteiger partial charge on any atom is 0.203 e. The first-order valence-electron chi connectivity index (χ1n) is 10.1. The first-order chi connectivity index (χ1) is 15.0. The number of benzene rings is 1. The van der Waals surface area contributed by atoms with E-state index in [1.54, 1.807) is 42.6 Å². The molecule has 0 aliphatic carbocycles. The van der Waals surface area contributed by atoms with Crippen molar-refractivity contribution in [2.24, 2.45) is 5.92 Å². The molecular weight excluding hydrogens is 392 g/mol. The highest BCUT2D eigenvalue weighted by molar-refractivity contribution is 5.56. The van der Waals surface area contributed by atoms with Crippen molar-refractivity contribution in [2.45, 2.75) is 26.8 Å². The molecule has 4 aromatic rings. The van der Waals surface area contributed by atoms with Gasteiger partial charge in [-0.3, -0.25) is 9.48 Å². The third-order valence-electron chi connectivity index (χ3n) is 4.74. The van der Waals surface area contributed by atoms with Crippen LogP contribution in [0.25, 0.3) is 17.1 Å². The van der Waals surface area contributed by atoms with E-state index in [0.29, 0.717) is 29.6 Å². The Hall–Kier alpha value is -3.81. The lowest BCUT2D eigenvalue weighted by molar-refractivity contribution is 0.411. The van der Waals surface area contributed by atoms with Crippen LogP contribution in [0.3, 0.4) is 0 Å². The standard InChI is InChI=1S/C23H24N6O2/c1-16(2)14-28-15-19(11-26-28)29-8-7-22(30)21(27-29)10-17-5-4-6-18(9-17)23-24-12-20(31-3)13-25-23/h4-9,11-13,15-16H,10,14H2,1-3H3.